The lowest BCUT2D eigenvalue weighted by Gasteiger charge is -2.18. The quantitative estimate of drug-likeness (QED) is 0.468. The number of methoxy groups -OCH3 is 1. The van der Waals surface area contributed by atoms with Gasteiger partial charge in [0, 0.05) is 13.1 Å². The van der Waals surface area contributed by atoms with Crippen LogP contribution in [0.25, 0.3) is 11.1 Å². The fraction of sp³-hybridized carbons (Fsp3) is 0.222. The molecule has 3 rings (SSSR count). The fourth-order valence-corrected chi connectivity index (χ4v) is 3.41. The molecule has 0 aliphatic heterocycles. The Hall–Kier alpha value is -3.77. The molecule has 0 atom stereocenters. The molecule has 3 aromatic rings. The van der Waals surface area contributed by atoms with Gasteiger partial charge in [-0.25, -0.2) is 4.79 Å². The summed E-state index contributed by atoms with van der Waals surface area (Å²) >= 11 is 0. The van der Waals surface area contributed by atoms with E-state index in [1.165, 1.54) is 7.11 Å². The Morgan fingerprint density at radius 1 is 0.879 bits per heavy atom. The zero-order valence-electron chi connectivity index (χ0n) is 19.2. The van der Waals surface area contributed by atoms with E-state index in [0.29, 0.717) is 6.61 Å². The molecule has 0 heterocycles. The molecule has 172 valence electrons. The van der Waals surface area contributed by atoms with Crippen LogP contribution in [0.15, 0.2) is 78.9 Å². The predicted octanol–water partition coefficient (Wildman–Crippen LogP) is 4.65. The lowest BCUT2D eigenvalue weighted by Crippen LogP contribution is -2.25. The molecule has 33 heavy (non-hydrogen) atoms. The smallest absolute Gasteiger partial charge is 0.407 e. The highest BCUT2D eigenvalue weighted by Gasteiger charge is 2.16. The van der Waals surface area contributed by atoms with Crippen molar-refractivity contribution < 1.29 is 19.4 Å². The number of hydrogen-bond acceptors (Lipinski definition) is 5. The summed E-state index contributed by atoms with van der Waals surface area (Å²) in [6, 6.07) is 24.9. The second kappa shape index (κ2) is 11.7. The zero-order chi connectivity index (χ0) is 23.6. The first kappa shape index (κ1) is 23.9. The number of benzene rings is 3. The molecule has 2 N–H and O–H groups in total. The standard InChI is InChI=1S/C27H30N2O4/c1-29(2)17-18-33-24-15-11-22(12-16-24)26(21-9-13-23(30)14-10-21)25(19-28-27(31)32-3)20-7-5-4-6-8-20/h4-16,30H,17-19H2,1-3H3,(H,28,31). The summed E-state index contributed by atoms with van der Waals surface area (Å²) in [4.78, 5) is 13.9. The van der Waals surface area contributed by atoms with Gasteiger partial charge in [-0.15, -0.1) is 0 Å². The second-order valence-corrected chi connectivity index (χ2v) is 7.79. The molecule has 6 heteroatoms. The minimum atomic E-state index is -0.502. The van der Waals surface area contributed by atoms with Crippen molar-refractivity contribution in [3.8, 4) is 11.5 Å². The van der Waals surface area contributed by atoms with E-state index >= 15 is 0 Å². The van der Waals surface area contributed by atoms with Gasteiger partial charge in [-0.05, 0) is 66.2 Å². The minimum Gasteiger partial charge on any atom is -0.508 e. The van der Waals surface area contributed by atoms with Crippen LogP contribution < -0.4 is 10.1 Å². The van der Waals surface area contributed by atoms with Crippen LogP contribution in [0.5, 0.6) is 11.5 Å². The summed E-state index contributed by atoms with van der Waals surface area (Å²) in [6.07, 6.45) is -0.502. The van der Waals surface area contributed by atoms with Crippen molar-refractivity contribution in [1.29, 1.82) is 0 Å². The number of alkyl carbamates (subject to hydrolysis) is 1. The Kier molecular flexibility index (Phi) is 8.49. The van der Waals surface area contributed by atoms with Crippen LogP contribution in [0.1, 0.15) is 16.7 Å². The summed E-state index contributed by atoms with van der Waals surface area (Å²) in [5, 5.41) is 12.6. The number of likely N-dealkylation sites (N-methyl/N-ethyl adjacent to an activating group) is 1. The van der Waals surface area contributed by atoms with E-state index in [-0.39, 0.29) is 12.3 Å². The summed E-state index contributed by atoms with van der Waals surface area (Å²) in [7, 11) is 5.36. The molecule has 0 radical (unpaired) electrons. The Labute approximate surface area is 195 Å². The third-order valence-electron chi connectivity index (χ3n) is 5.13. The molecular weight excluding hydrogens is 416 g/mol. The zero-order valence-corrected chi connectivity index (χ0v) is 19.2. The SMILES string of the molecule is COC(=O)NCC(=C(c1ccc(O)cc1)c1ccc(OCCN(C)C)cc1)c1ccccc1. The highest BCUT2D eigenvalue weighted by atomic mass is 16.5. The summed E-state index contributed by atoms with van der Waals surface area (Å²) in [6.45, 7) is 1.71. The van der Waals surface area contributed by atoms with Crippen LogP contribution in [0, 0.1) is 0 Å². The van der Waals surface area contributed by atoms with Gasteiger partial charge in [0.2, 0.25) is 0 Å². The van der Waals surface area contributed by atoms with E-state index in [9.17, 15) is 9.90 Å². The number of rotatable bonds is 9. The Morgan fingerprint density at radius 2 is 1.48 bits per heavy atom. The molecule has 0 bridgehead atoms. The highest BCUT2D eigenvalue weighted by Crippen LogP contribution is 2.33. The first-order valence-corrected chi connectivity index (χ1v) is 10.8. The average Bonchev–Trinajstić information content (AvgIpc) is 2.83. The lowest BCUT2D eigenvalue weighted by atomic mass is 9.89. The first-order chi connectivity index (χ1) is 16.0. The maximum Gasteiger partial charge on any atom is 0.407 e. The van der Waals surface area contributed by atoms with Crippen molar-refractivity contribution >= 4 is 17.2 Å². The number of hydrogen-bond donors (Lipinski definition) is 2. The van der Waals surface area contributed by atoms with E-state index in [1.54, 1.807) is 12.1 Å². The van der Waals surface area contributed by atoms with E-state index in [1.807, 2.05) is 80.8 Å². The Balaban J connectivity index is 2.07. The van der Waals surface area contributed by atoms with Gasteiger partial charge in [0.25, 0.3) is 0 Å². The monoisotopic (exact) mass is 446 g/mol. The van der Waals surface area contributed by atoms with Crippen LogP contribution in [0.4, 0.5) is 4.79 Å². The fourth-order valence-electron chi connectivity index (χ4n) is 3.41. The lowest BCUT2D eigenvalue weighted by molar-refractivity contribution is 0.172. The van der Waals surface area contributed by atoms with E-state index in [4.69, 9.17) is 9.47 Å². The molecule has 0 aliphatic carbocycles. The normalized spacial score (nSPS) is 11.6. The number of nitrogens with zero attached hydrogens (tertiary/aromatic N) is 1. The number of phenols is 1. The van der Waals surface area contributed by atoms with Gasteiger partial charge in [0.15, 0.2) is 0 Å². The van der Waals surface area contributed by atoms with Gasteiger partial charge < -0.3 is 24.8 Å². The maximum atomic E-state index is 11.9. The van der Waals surface area contributed by atoms with Gasteiger partial charge in [0.1, 0.15) is 18.1 Å². The van der Waals surface area contributed by atoms with Crippen molar-refractivity contribution in [3.63, 3.8) is 0 Å². The van der Waals surface area contributed by atoms with Crippen LogP contribution in [-0.4, -0.2) is 57.0 Å². The largest absolute Gasteiger partial charge is 0.508 e. The molecule has 0 saturated carbocycles. The summed E-state index contributed by atoms with van der Waals surface area (Å²) in [5.41, 5.74) is 4.72. The van der Waals surface area contributed by atoms with Gasteiger partial charge in [0.05, 0.1) is 7.11 Å². The molecule has 0 aromatic heterocycles. The second-order valence-electron chi connectivity index (χ2n) is 7.79. The van der Waals surface area contributed by atoms with E-state index in [2.05, 4.69) is 10.2 Å². The van der Waals surface area contributed by atoms with E-state index < -0.39 is 6.09 Å². The average molecular weight is 447 g/mol. The summed E-state index contributed by atoms with van der Waals surface area (Å²) < 4.78 is 10.6. The summed E-state index contributed by atoms with van der Waals surface area (Å²) in [5.74, 6) is 0.983. The van der Waals surface area contributed by atoms with Crippen LogP contribution >= 0.6 is 0 Å². The van der Waals surface area contributed by atoms with Crippen molar-refractivity contribution in [1.82, 2.24) is 10.2 Å². The number of ether oxygens (including phenoxy) is 2. The van der Waals surface area contributed by atoms with E-state index in [0.717, 1.165) is 40.1 Å². The molecule has 6 nitrogen and oxygen atoms in total. The molecule has 0 spiro atoms. The molecule has 0 fully saturated rings. The van der Waals surface area contributed by atoms with Gasteiger partial charge in [-0.3, -0.25) is 0 Å². The van der Waals surface area contributed by atoms with Gasteiger partial charge in [-0.2, -0.15) is 0 Å². The van der Waals surface area contributed by atoms with Crippen molar-refractivity contribution in [2.24, 2.45) is 0 Å². The van der Waals surface area contributed by atoms with Crippen LogP contribution in [-0.2, 0) is 4.74 Å². The molecule has 0 unspecified atom stereocenters. The number of carbonyl (C=O) groups is 1. The van der Waals surface area contributed by atoms with Crippen molar-refractivity contribution in [2.45, 2.75) is 0 Å². The predicted molar refractivity (Wildman–Crippen MR) is 131 cm³/mol. The number of aromatic hydroxyl groups is 1. The third-order valence-corrected chi connectivity index (χ3v) is 5.13. The number of phenolic OH excluding ortho intramolecular Hbond substituents is 1. The molecule has 0 saturated heterocycles. The maximum absolute atomic E-state index is 11.9. The topological polar surface area (TPSA) is 71.0 Å². The Bertz CT molecular complexity index is 1060. The molecule has 0 aliphatic rings. The van der Waals surface area contributed by atoms with Crippen LogP contribution in [0.2, 0.25) is 0 Å². The Morgan fingerprint density at radius 3 is 2.06 bits per heavy atom. The van der Waals surface area contributed by atoms with Crippen LogP contribution in [0.3, 0.4) is 0 Å². The number of amides is 1. The molecule has 1 amide bonds. The molecule has 3 aromatic carbocycles. The van der Waals surface area contributed by atoms with Gasteiger partial charge >= 0.3 is 6.09 Å². The number of carbonyl (C=O) groups excluding carboxylic acids is 1. The first-order valence-electron chi connectivity index (χ1n) is 10.8. The number of nitrogens with one attached hydrogen (secondary N) is 1. The minimum absolute atomic E-state index is 0.191. The third kappa shape index (κ3) is 6.85. The van der Waals surface area contributed by atoms with Crippen molar-refractivity contribution in [2.75, 3.05) is 40.9 Å². The molecular formula is C27H30N2O4. The highest BCUT2D eigenvalue weighted by molar-refractivity contribution is 5.99. The van der Waals surface area contributed by atoms with Crippen molar-refractivity contribution in [3.05, 3.63) is 95.6 Å². The van der Waals surface area contributed by atoms with Gasteiger partial charge in [-0.1, -0.05) is 54.6 Å².